The van der Waals surface area contributed by atoms with Gasteiger partial charge in [0.25, 0.3) is 5.56 Å². The number of ketones is 1. The maximum Gasteiger partial charge on any atom is 0.262 e. The van der Waals surface area contributed by atoms with Gasteiger partial charge in [-0.25, -0.2) is 4.98 Å². The molecule has 1 atom stereocenters. The standard InChI is InChI=1S/C19H20N2O4S/c1-11-13(3)26-18-17(11)19(24)21(10-20-18)8-15(23)9-25-16-6-4-14(5-7-16)12(2)22/h4-7,10,15,23H,8-9H2,1-3H3. The van der Waals surface area contributed by atoms with Gasteiger partial charge >= 0.3 is 0 Å². The summed E-state index contributed by atoms with van der Waals surface area (Å²) < 4.78 is 6.95. The van der Waals surface area contributed by atoms with E-state index in [2.05, 4.69) is 4.98 Å². The van der Waals surface area contributed by atoms with Crippen LogP contribution in [-0.4, -0.2) is 33.2 Å². The number of carbonyl (C=O) groups is 1. The van der Waals surface area contributed by atoms with E-state index in [-0.39, 0.29) is 24.5 Å². The van der Waals surface area contributed by atoms with Crippen LogP contribution in [0.4, 0.5) is 0 Å². The van der Waals surface area contributed by atoms with Gasteiger partial charge < -0.3 is 9.84 Å². The summed E-state index contributed by atoms with van der Waals surface area (Å²) in [6.45, 7) is 5.50. The molecule has 0 fully saturated rings. The Bertz CT molecular complexity index is 1000. The van der Waals surface area contributed by atoms with Gasteiger partial charge in [-0.3, -0.25) is 14.2 Å². The third-order valence-electron chi connectivity index (χ3n) is 4.27. The largest absolute Gasteiger partial charge is 0.491 e. The van der Waals surface area contributed by atoms with Crippen LogP contribution in [0, 0.1) is 13.8 Å². The van der Waals surface area contributed by atoms with Crippen molar-refractivity contribution < 1.29 is 14.6 Å². The van der Waals surface area contributed by atoms with Crippen molar-refractivity contribution in [3.05, 3.63) is 57.0 Å². The zero-order valence-corrected chi connectivity index (χ0v) is 15.7. The number of carbonyl (C=O) groups excluding carboxylic acids is 1. The molecule has 26 heavy (non-hydrogen) atoms. The molecule has 0 saturated heterocycles. The summed E-state index contributed by atoms with van der Waals surface area (Å²) >= 11 is 1.50. The Labute approximate surface area is 154 Å². The minimum absolute atomic E-state index is 0.0159. The fourth-order valence-electron chi connectivity index (χ4n) is 2.66. The summed E-state index contributed by atoms with van der Waals surface area (Å²) in [4.78, 5) is 30.0. The van der Waals surface area contributed by atoms with Gasteiger partial charge in [-0.2, -0.15) is 0 Å². The number of nitrogens with zero attached hydrogens (tertiary/aromatic N) is 2. The number of fused-ring (bicyclic) bond motifs is 1. The number of rotatable bonds is 6. The first-order chi connectivity index (χ1) is 12.4. The Morgan fingerprint density at radius 1 is 1.31 bits per heavy atom. The van der Waals surface area contributed by atoms with Crippen LogP contribution in [0.1, 0.15) is 27.7 Å². The summed E-state index contributed by atoms with van der Waals surface area (Å²) in [6.07, 6.45) is 0.602. The second-order valence-electron chi connectivity index (χ2n) is 6.21. The molecule has 0 aliphatic rings. The molecule has 0 aliphatic carbocycles. The number of aromatic nitrogens is 2. The Morgan fingerprint density at radius 2 is 2.00 bits per heavy atom. The van der Waals surface area contributed by atoms with E-state index < -0.39 is 6.10 Å². The lowest BCUT2D eigenvalue weighted by molar-refractivity contribution is 0.0914. The average Bonchev–Trinajstić information content (AvgIpc) is 2.91. The predicted octanol–water partition coefficient (Wildman–Crippen LogP) is 2.72. The van der Waals surface area contributed by atoms with Crippen LogP contribution in [0.5, 0.6) is 5.75 Å². The minimum Gasteiger partial charge on any atom is -0.491 e. The molecule has 1 aromatic carbocycles. The van der Waals surface area contributed by atoms with E-state index in [0.717, 1.165) is 15.3 Å². The van der Waals surface area contributed by atoms with Crippen LogP contribution in [0.15, 0.2) is 35.4 Å². The molecular weight excluding hydrogens is 352 g/mol. The Balaban J connectivity index is 1.68. The summed E-state index contributed by atoms with van der Waals surface area (Å²) in [5, 5.41) is 10.8. The lowest BCUT2D eigenvalue weighted by atomic mass is 10.1. The molecule has 2 aromatic heterocycles. The van der Waals surface area contributed by atoms with Gasteiger partial charge in [0.15, 0.2) is 5.78 Å². The molecule has 1 unspecified atom stereocenters. The average molecular weight is 372 g/mol. The van der Waals surface area contributed by atoms with Crippen molar-refractivity contribution in [2.75, 3.05) is 6.61 Å². The quantitative estimate of drug-likeness (QED) is 0.673. The molecule has 0 amide bonds. The highest BCUT2D eigenvalue weighted by Gasteiger charge is 2.14. The Morgan fingerprint density at radius 3 is 2.65 bits per heavy atom. The van der Waals surface area contributed by atoms with Gasteiger partial charge in [0, 0.05) is 10.4 Å². The zero-order valence-electron chi connectivity index (χ0n) is 14.9. The van der Waals surface area contributed by atoms with Crippen LogP contribution >= 0.6 is 11.3 Å². The van der Waals surface area contributed by atoms with Crippen molar-refractivity contribution in [2.24, 2.45) is 0 Å². The van der Waals surface area contributed by atoms with Crippen molar-refractivity contribution in [3.63, 3.8) is 0 Å². The fourth-order valence-corrected chi connectivity index (χ4v) is 3.65. The first-order valence-corrected chi connectivity index (χ1v) is 9.05. The van der Waals surface area contributed by atoms with E-state index >= 15 is 0 Å². The number of ether oxygens (including phenoxy) is 1. The van der Waals surface area contributed by atoms with Gasteiger partial charge in [0.2, 0.25) is 0 Å². The molecule has 3 aromatic rings. The van der Waals surface area contributed by atoms with Crippen molar-refractivity contribution in [1.29, 1.82) is 0 Å². The maximum absolute atomic E-state index is 12.6. The molecule has 1 N–H and O–H groups in total. The van der Waals surface area contributed by atoms with Gasteiger partial charge in [-0.05, 0) is 50.6 Å². The number of aliphatic hydroxyl groups excluding tert-OH is 1. The van der Waals surface area contributed by atoms with Gasteiger partial charge in [-0.15, -0.1) is 11.3 Å². The number of benzene rings is 1. The number of Topliss-reactive ketones (excluding diaryl/α,β-unsaturated/α-hetero) is 1. The molecule has 0 radical (unpaired) electrons. The lowest BCUT2D eigenvalue weighted by Gasteiger charge is -2.14. The number of hydrogen-bond donors (Lipinski definition) is 1. The number of aliphatic hydroxyl groups is 1. The van der Waals surface area contributed by atoms with Gasteiger partial charge in [0.1, 0.15) is 23.3 Å². The molecule has 3 rings (SSSR count). The highest BCUT2D eigenvalue weighted by molar-refractivity contribution is 7.18. The van der Waals surface area contributed by atoms with E-state index in [0.29, 0.717) is 16.7 Å². The van der Waals surface area contributed by atoms with Crippen molar-refractivity contribution in [2.45, 2.75) is 33.4 Å². The molecule has 0 aliphatic heterocycles. The predicted molar refractivity (Wildman–Crippen MR) is 101 cm³/mol. The third kappa shape index (κ3) is 3.68. The van der Waals surface area contributed by atoms with E-state index in [4.69, 9.17) is 4.74 Å². The molecule has 0 spiro atoms. The van der Waals surface area contributed by atoms with Crippen LogP contribution in [0.25, 0.3) is 10.2 Å². The summed E-state index contributed by atoms with van der Waals surface area (Å²) in [6, 6.07) is 6.71. The van der Waals surface area contributed by atoms with Crippen LogP contribution in [-0.2, 0) is 6.54 Å². The van der Waals surface area contributed by atoms with Crippen LogP contribution in [0.3, 0.4) is 0 Å². The van der Waals surface area contributed by atoms with E-state index in [9.17, 15) is 14.7 Å². The Kier molecular flexibility index (Phi) is 5.20. The fraction of sp³-hybridized carbons (Fsp3) is 0.316. The number of aryl methyl sites for hydroxylation is 2. The molecule has 0 bridgehead atoms. The number of hydrogen-bond acceptors (Lipinski definition) is 6. The van der Waals surface area contributed by atoms with Gasteiger partial charge in [-0.1, -0.05) is 0 Å². The number of thiophene rings is 1. The molecule has 7 heteroatoms. The molecule has 0 saturated carbocycles. The highest BCUT2D eigenvalue weighted by Crippen LogP contribution is 2.25. The molecular formula is C19H20N2O4S. The van der Waals surface area contributed by atoms with Crippen molar-refractivity contribution >= 4 is 27.3 Å². The second-order valence-corrected chi connectivity index (χ2v) is 7.41. The van der Waals surface area contributed by atoms with E-state index in [1.54, 1.807) is 24.3 Å². The SMILES string of the molecule is CC(=O)c1ccc(OCC(O)Cn2cnc3sc(C)c(C)c3c2=O)cc1. The highest BCUT2D eigenvalue weighted by atomic mass is 32.1. The first-order valence-electron chi connectivity index (χ1n) is 8.24. The van der Waals surface area contributed by atoms with Gasteiger partial charge in [0.05, 0.1) is 18.3 Å². The Hall–Kier alpha value is -2.51. The summed E-state index contributed by atoms with van der Waals surface area (Å²) in [5.41, 5.74) is 1.39. The van der Waals surface area contributed by atoms with Crippen LogP contribution < -0.4 is 10.3 Å². The lowest BCUT2D eigenvalue weighted by Crippen LogP contribution is -2.30. The second kappa shape index (κ2) is 7.39. The summed E-state index contributed by atoms with van der Waals surface area (Å²) in [7, 11) is 0. The van der Waals surface area contributed by atoms with E-state index in [1.165, 1.54) is 29.2 Å². The minimum atomic E-state index is -0.862. The normalized spacial score (nSPS) is 12.3. The monoisotopic (exact) mass is 372 g/mol. The third-order valence-corrected chi connectivity index (χ3v) is 5.38. The topological polar surface area (TPSA) is 81.4 Å². The van der Waals surface area contributed by atoms with E-state index in [1.807, 2.05) is 13.8 Å². The smallest absolute Gasteiger partial charge is 0.262 e. The maximum atomic E-state index is 12.6. The van der Waals surface area contributed by atoms with Crippen molar-refractivity contribution in [1.82, 2.24) is 9.55 Å². The molecule has 136 valence electrons. The van der Waals surface area contributed by atoms with Crippen LogP contribution in [0.2, 0.25) is 0 Å². The van der Waals surface area contributed by atoms with Crippen molar-refractivity contribution in [3.8, 4) is 5.75 Å². The zero-order chi connectivity index (χ0) is 18.8. The first kappa shape index (κ1) is 18.3. The molecule has 2 heterocycles. The summed E-state index contributed by atoms with van der Waals surface area (Å²) in [5.74, 6) is 0.539. The molecule has 6 nitrogen and oxygen atoms in total.